The van der Waals surface area contributed by atoms with E-state index in [0.717, 1.165) is 28.3 Å². The third-order valence-electron chi connectivity index (χ3n) is 13.0. The number of hydrogen-bond donors (Lipinski definition) is 0. The Labute approximate surface area is 385 Å². The Morgan fingerprint density at radius 1 is 0.258 bits per heavy atom. The molecule has 0 aliphatic carbocycles. The Bertz CT molecular complexity index is 3650. The van der Waals surface area contributed by atoms with E-state index in [1.165, 1.54) is 82.6 Å². The van der Waals surface area contributed by atoms with Gasteiger partial charge in [0.25, 0.3) is 0 Å². The summed E-state index contributed by atoms with van der Waals surface area (Å²) < 4.78 is 2.40. The fourth-order valence-electron chi connectivity index (χ4n) is 10.0. The predicted molar refractivity (Wildman–Crippen MR) is 280 cm³/mol. The maximum absolute atomic E-state index is 2.42. The third kappa shape index (κ3) is 6.93. The first-order valence-corrected chi connectivity index (χ1v) is 22.7. The van der Waals surface area contributed by atoms with Gasteiger partial charge >= 0.3 is 0 Å². The van der Waals surface area contributed by atoms with Gasteiger partial charge in [0.1, 0.15) is 0 Å². The normalized spacial score (nSPS) is 11.3. The van der Waals surface area contributed by atoms with Crippen LogP contribution in [0.15, 0.2) is 267 Å². The van der Waals surface area contributed by atoms with Crippen molar-refractivity contribution < 1.29 is 0 Å². The van der Waals surface area contributed by atoms with Gasteiger partial charge in [0.05, 0.1) is 11.0 Å². The fraction of sp³-hybridized carbons (Fsp3) is 0. The molecule has 0 aliphatic rings. The largest absolute Gasteiger partial charge is 0.310 e. The first kappa shape index (κ1) is 38.9. The number of benzene rings is 11. The average molecular weight is 841 g/mol. The lowest BCUT2D eigenvalue weighted by Crippen LogP contribution is -2.11. The molecule has 12 aromatic rings. The summed E-state index contributed by atoms with van der Waals surface area (Å²) in [6.45, 7) is 0. The Balaban J connectivity index is 1.08. The number of rotatable bonds is 9. The number of hydrogen-bond acceptors (Lipinski definition) is 1. The summed E-state index contributed by atoms with van der Waals surface area (Å²) in [5, 5.41) is 4.95. The zero-order chi connectivity index (χ0) is 43.8. The molecule has 11 aromatic carbocycles. The van der Waals surface area contributed by atoms with Crippen molar-refractivity contribution in [1.29, 1.82) is 0 Å². The van der Waals surface area contributed by atoms with E-state index in [2.05, 4.69) is 276 Å². The van der Waals surface area contributed by atoms with Crippen LogP contribution in [0.1, 0.15) is 0 Å². The average Bonchev–Trinajstić information content (AvgIpc) is 3.73. The minimum atomic E-state index is 1.06. The number of aromatic nitrogens is 1. The van der Waals surface area contributed by atoms with Crippen molar-refractivity contribution in [2.24, 2.45) is 0 Å². The monoisotopic (exact) mass is 840 g/mol. The van der Waals surface area contributed by atoms with Crippen LogP contribution >= 0.6 is 0 Å². The second kappa shape index (κ2) is 16.8. The summed E-state index contributed by atoms with van der Waals surface area (Å²) in [6, 6.07) is 97.0. The van der Waals surface area contributed by atoms with E-state index >= 15 is 0 Å². The molecule has 0 atom stereocenters. The molecule has 310 valence electrons. The summed E-state index contributed by atoms with van der Waals surface area (Å²) in [7, 11) is 0. The van der Waals surface area contributed by atoms with Crippen LogP contribution in [0.2, 0.25) is 0 Å². The van der Waals surface area contributed by atoms with Gasteiger partial charge in [0, 0.05) is 33.5 Å². The van der Waals surface area contributed by atoms with Gasteiger partial charge in [-0.3, -0.25) is 0 Å². The summed E-state index contributed by atoms with van der Waals surface area (Å²) >= 11 is 0. The van der Waals surface area contributed by atoms with Crippen molar-refractivity contribution in [3.8, 4) is 61.3 Å². The van der Waals surface area contributed by atoms with Gasteiger partial charge < -0.3 is 9.47 Å². The van der Waals surface area contributed by atoms with Gasteiger partial charge in [-0.25, -0.2) is 0 Å². The van der Waals surface area contributed by atoms with E-state index in [0.29, 0.717) is 0 Å². The van der Waals surface area contributed by atoms with Crippen molar-refractivity contribution in [3.63, 3.8) is 0 Å². The van der Waals surface area contributed by atoms with E-state index in [9.17, 15) is 0 Å². The summed E-state index contributed by atoms with van der Waals surface area (Å²) in [5.74, 6) is 0. The highest BCUT2D eigenvalue weighted by Gasteiger charge is 2.21. The fourth-order valence-corrected chi connectivity index (χ4v) is 10.0. The second-order valence-corrected chi connectivity index (χ2v) is 16.9. The molecule has 0 bridgehead atoms. The van der Waals surface area contributed by atoms with Crippen LogP contribution < -0.4 is 4.90 Å². The van der Waals surface area contributed by atoms with E-state index in [1.54, 1.807) is 0 Å². The smallest absolute Gasteiger partial charge is 0.0541 e. The Kier molecular flexibility index (Phi) is 9.89. The van der Waals surface area contributed by atoms with Crippen molar-refractivity contribution in [3.05, 3.63) is 267 Å². The second-order valence-electron chi connectivity index (χ2n) is 16.9. The maximum atomic E-state index is 2.42. The molecule has 0 spiro atoms. The van der Waals surface area contributed by atoms with E-state index < -0.39 is 0 Å². The molecular weight excluding hydrogens is 797 g/mol. The van der Waals surface area contributed by atoms with Crippen LogP contribution in [-0.2, 0) is 0 Å². The molecule has 1 heterocycles. The van der Waals surface area contributed by atoms with Crippen LogP contribution in [0.5, 0.6) is 0 Å². The lowest BCUT2D eigenvalue weighted by atomic mass is 9.84. The van der Waals surface area contributed by atoms with Crippen LogP contribution in [0.25, 0.3) is 93.9 Å². The molecule has 0 radical (unpaired) electrons. The number of fused-ring (bicyclic) bond motifs is 4. The predicted octanol–water partition coefficient (Wildman–Crippen LogP) is 17.7. The zero-order valence-corrected chi connectivity index (χ0v) is 36.3. The number of anilines is 3. The summed E-state index contributed by atoms with van der Waals surface area (Å²) in [4.78, 5) is 2.42. The van der Waals surface area contributed by atoms with Crippen molar-refractivity contribution >= 4 is 49.6 Å². The van der Waals surface area contributed by atoms with E-state index in [-0.39, 0.29) is 0 Å². The quantitative estimate of drug-likeness (QED) is 0.141. The van der Waals surface area contributed by atoms with E-state index in [4.69, 9.17) is 0 Å². The minimum Gasteiger partial charge on any atom is -0.310 e. The molecule has 0 N–H and O–H groups in total. The molecule has 0 amide bonds. The highest BCUT2D eigenvalue weighted by molar-refractivity contribution is 6.09. The SMILES string of the molecule is c1ccc(-c2ccccc2-c2c(-c3ccccc3)cccc2-c2cccc(N(c3cccc(-c4cccc5ccccc45)c3)c3cccc(-n4c5ccccc5c5ccccc54)c3)c2)cc1. The van der Waals surface area contributed by atoms with Gasteiger partial charge in [-0.05, 0) is 121 Å². The topological polar surface area (TPSA) is 8.17 Å². The highest BCUT2D eigenvalue weighted by Crippen LogP contribution is 2.46. The van der Waals surface area contributed by atoms with Crippen LogP contribution in [0, 0.1) is 0 Å². The van der Waals surface area contributed by atoms with Gasteiger partial charge in [-0.2, -0.15) is 0 Å². The van der Waals surface area contributed by atoms with Gasteiger partial charge in [-0.1, -0.05) is 212 Å². The minimum absolute atomic E-state index is 1.06. The molecule has 66 heavy (non-hydrogen) atoms. The standard InChI is InChI=1S/C64H44N2/c1-3-20-45(21-4-1)55-33-9-10-36-61(55)64-57(47-22-5-2-6-23-47)38-19-39-58(64)49-27-16-29-51(43-49)65(50-28-15-26-48(42-50)56-37-17-25-46-24-7-8-32-54(46)56)52-30-18-31-53(44-52)66-62-40-13-11-34-59(62)60-35-12-14-41-63(60)66/h1-44H. The maximum Gasteiger partial charge on any atom is 0.0541 e. The van der Waals surface area contributed by atoms with E-state index in [1.807, 2.05) is 0 Å². The Morgan fingerprint density at radius 2 is 0.667 bits per heavy atom. The summed E-state index contributed by atoms with van der Waals surface area (Å²) in [5.41, 5.74) is 18.5. The van der Waals surface area contributed by atoms with Crippen molar-refractivity contribution in [2.45, 2.75) is 0 Å². The molecule has 2 heteroatoms. The lowest BCUT2D eigenvalue weighted by molar-refractivity contribution is 1.17. The molecule has 0 fully saturated rings. The number of para-hydroxylation sites is 2. The Hall–Kier alpha value is -8.72. The van der Waals surface area contributed by atoms with Crippen LogP contribution in [-0.4, -0.2) is 4.57 Å². The lowest BCUT2D eigenvalue weighted by Gasteiger charge is -2.27. The van der Waals surface area contributed by atoms with Gasteiger partial charge in [0.15, 0.2) is 0 Å². The molecule has 0 saturated carbocycles. The first-order chi connectivity index (χ1) is 32.8. The third-order valence-corrected chi connectivity index (χ3v) is 13.0. The van der Waals surface area contributed by atoms with Gasteiger partial charge in [-0.15, -0.1) is 0 Å². The molecule has 0 unspecified atom stereocenters. The summed E-state index contributed by atoms with van der Waals surface area (Å²) in [6.07, 6.45) is 0. The molecule has 1 aromatic heterocycles. The molecule has 0 aliphatic heterocycles. The molecule has 2 nitrogen and oxygen atoms in total. The molecular formula is C64H44N2. The Morgan fingerprint density at radius 3 is 1.33 bits per heavy atom. The van der Waals surface area contributed by atoms with Crippen LogP contribution in [0.4, 0.5) is 17.1 Å². The van der Waals surface area contributed by atoms with Crippen molar-refractivity contribution in [1.82, 2.24) is 4.57 Å². The first-order valence-electron chi connectivity index (χ1n) is 22.7. The molecule has 12 rings (SSSR count). The number of nitrogens with zero attached hydrogens (tertiary/aromatic N) is 2. The van der Waals surface area contributed by atoms with Crippen molar-refractivity contribution in [2.75, 3.05) is 4.90 Å². The van der Waals surface area contributed by atoms with Crippen LogP contribution in [0.3, 0.4) is 0 Å². The highest BCUT2D eigenvalue weighted by atomic mass is 15.1. The van der Waals surface area contributed by atoms with Gasteiger partial charge in [0.2, 0.25) is 0 Å². The molecule has 0 saturated heterocycles. The zero-order valence-electron chi connectivity index (χ0n) is 36.3.